The highest BCUT2D eigenvalue weighted by Crippen LogP contribution is 2.29. The molecule has 0 bridgehead atoms. The number of halogens is 1. The lowest BCUT2D eigenvalue weighted by atomic mass is 10.1. The Labute approximate surface area is 187 Å². The van der Waals surface area contributed by atoms with Crippen molar-refractivity contribution in [1.29, 1.82) is 0 Å². The monoisotopic (exact) mass is 468 g/mol. The maximum atomic E-state index is 5.99. The standard InChI is InChI=1S/C25H29BrN2O2/c1-29-25-16-22(11-12-24(25)30-19-20-7-3-2-4-8-20)18-28(14-6-13-27)17-21-9-5-10-23(26)15-21/h2-5,7-12,15-16H,6,13-14,17-19,27H2,1H3. The molecule has 3 rings (SSSR count). The van der Waals surface area contributed by atoms with E-state index in [1.807, 2.05) is 30.3 Å². The second-order valence-electron chi connectivity index (χ2n) is 7.24. The predicted molar refractivity (Wildman–Crippen MR) is 126 cm³/mol. The molecule has 0 spiro atoms. The summed E-state index contributed by atoms with van der Waals surface area (Å²) < 4.78 is 12.7. The Morgan fingerprint density at radius 1 is 0.833 bits per heavy atom. The first-order chi connectivity index (χ1) is 14.7. The Hall–Kier alpha value is -2.34. The molecule has 158 valence electrons. The molecular weight excluding hydrogens is 440 g/mol. The highest BCUT2D eigenvalue weighted by Gasteiger charge is 2.11. The molecule has 0 amide bonds. The number of nitrogens with two attached hydrogens (primary N) is 1. The molecule has 0 heterocycles. The Bertz CT molecular complexity index is 918. The lowest BCUT2D eigenvalue weighted by Crippen LogP contribution is -2.25. The molecule has 0 atom stereocenters. The maximum absolute atomic E-state index is 5.99. The van der Waals surface area contributed by atoms with E-state index in [2.05, 4.69) is 63.3 Å². The maximum Gasteiger partial charge on any atom is 0.161 e. The topological polar surface area (TPSA) is 47.7 Å². The first kappa shape index (κ1) is 22.3. The third-order valence-electron chi connectivity index (χ3n) is 4.85. The highest BCUT2D eigenvalue weighted by molar-refractivity contribution is 9.10. The van der Waals surface area contributed by atoms with E-state index < -0.39 is 0 Å². The molecule has 5 heteroatoms. The number of hydrogen-bond donors (Lipinski definition) is 1. The number of benzene rings is 3. The minimum absolute atomic E-state index is 0.516. The molecule has 0 radical (unpaired) electrons. The van der Waals surface area contributed by atoms with Crippen LogP contribution in [-0.4, -0.2) is 25.1 Å². The van der Waals surface area contributed by atoms with Crippen LogP contribution in [0.25, 0.3) is 0 Å². The van der Waals surface area contributed by atoms with Gasteiger partial charge in [-0.3, -0.25) is 4.90 Å². The van der Waals surface area contributed by atoms with Gasteiger partial charge in [-0.15, -0.1) is 0 Å². The van der Waals surface area contributed by atoms with Gasteiger partial charge in [0.1, 0.15) is 6.61 Å². The Kier molecular flexibility index (Phi) is 8.75. The Morgan fingerprint density at radius 3 is 2.27 bits per heavy atom. The summed E-state index contributed by atoms with van der Waals surface area (Å²) in [6.45, 7) is 3.83. The minimum atomic E-state index is 0.516. The van der Waals surface area contributed by atoms with E-state index in [1.165, 1.54) is 11.1 Å². The van der Waals surface area contributed by atoms with E-state index >= 15 is 0 Å². The largest absolute Gasteiger partial charge is 0.493 e. The van der Waals surface area contributed by atoms with Crippen LogP contribution in [0.4, 0.5) is 0 Å². The fourth-order valence-electron chi connectivity index (χ4n) is 3.35. The molecule has 30 heavy (non-hydrogen) atoms. The molecule has 0 saturated carbocycles. The van der Waals surface area contributed by atoms with Crippen molar-refractivity contribution in [1.82, 2.24) is 4.90 Å². The number of rotatable bonds is 11. The molecule has 2 N–H and O–H groups in total. The molecule has 0 aliphatic rings. The van der Waals surface area contributed by atoms with Gasteiger partial charge in [0.15, 0.2) is 11.5 Å². The van der Waals surface area contributed by atoms with Gasteiger partial charge in [-0.2, -0.15) is 0 Å². The van der Waals surface area contributed by atoms with Gasteiger partial charge >= 0.3 is 0 Å². The number of hydrogen-bond acceptors (Lipinski definition) is 4. The lowest BCUT2D eigenvalue weighted by molar-refractivity contribution is 0.253. The molecular formula is C25H29BrN2O2. The second kappa shape index (κ2) is 11.7. The second-order valence-corrected chi connectivity index (χ2v) is 8.16. The van der Waals surface area contributed by atoms with E-state index in [1.54, 1.807) is 7.11 Å². The van der Waals surface area contributed by atoms with Gasteiger partial charge in [0.2, 0.25) is 0 Å². The summed E-state index contributed by atoms with van der Waals surface area (Å²) >= 11 is 3.56. The van der Waals surface area contributed by atoms with Crippen LogP contribution in [-0.2, 0) is 19.7 Å². The number of methoxy groups -OCH3 is 1. The summed E-state index contributed by atoms with van der Waals surface area (Å²) in [6, 6.07) is 24.8. The molecule has 0 unspecified atom stereocenters. The molecule has 0 saturated heterocycles. The van der Waals surface area contributed by atoms with E-state index in [0.29, 0.717) is 13.2 Å². The van der Waals surface area contributed by atoms with Crippen LogP contribution in [0.1, 0.15) is 23.1 Å². The van der Waals surface area contributed by atoms with Gasteiger partial charge in [-0.05, 0) is 53.9 Å². The van der Waals surface area contributed by atoms with Gasteiger partial charge in [0.05, 0.1) is 7.11 Å². The van der Waals surface area contributed by atoms with Crippen molar-refractivity contribution in [3.63, 3.8) is 0 Å². The molecule has 0 aliphatic heterocycles. The molecule has 0 aliphatic carbocycles. The van der Waals surface area contributed by atoms with Crippen LogP contribution in [0.2, 0.25) is 0 Å². The zero-order valence-corrected chi connectivity index (χ0v) is 19.0. The van der Waals surface area contributed by atoms with Crippen molar-refractivity contribution in [3.05, 3.63) is 94.0 Å². The quantitative estimate of drug-likeness (QED) is 0.409. The molecule has 4 nitrogen and oxygen atoms in total. The first-order valence-electron chi connectivity index (χ1n) is 10.2. The Balaban J connectivity index is 1.69. The fourth-order valence-corrected chi connectivity index (χ4v) is 3.79. The van der Waals surface area contributed by atoms with Crippen LogP contribution in [0.5, 0.6) is 11.5 Å². The van der Waals surface area contributed by atoms with Crippen LogP contribution in [0.3, 0.4) is 0 Å². The zero-order chi connectivity index (χ0) is 21.2. The van der Waals surface area contributed by atoms with Crippen molar-refractivity contribution in [2.24, 2.45) is 5.73 Å². The van der Waals surface area contributed by atoms with Crippen LogP contribution in [0.15, 0.2) is 77.3 Å². The van der Waals surface area contributed by atoms with Gasteiger partial charge < -0.3 is 15.2 Å². The summed E-state index contributed by atoms with van der Waals surface area (Å²) in [7, 11) is 1.68. The summed E-state index contributed by atoms with van der Waals surface area (Å²) in [5, 5.41) is 0. The summed E-state index contributed by atoms with van der Waals surface area (Å²) in [6.07, 6.45) is 0.962. The summed E-state index contributed by atoms with van der Waals surface area (Å²) in [4.78, 5) is 2.41. The van der Waals surface area contributed by atoms with Crippen LogP contribution >= 0.6 is 15.9 Å². The van der Waals surface area contributed by atoms with Gasteiger partial charge in [-0.25, -0.2) is 0 Å². The molecule has 3 aromatic carbocycles. The van der Waals surface area contributed by atoms with E-state index in [-0.39, 0.29) is 0 Å². The third-order valence-corrected chi connectivity index (χ3v) is 5.34. The van der Waals surface area contributed by atoms with Crippen LogP contribution < -0.4 is 15.2 Å². The predicted octanol–water partition coefficient (Wildman–Crippen LogP) is 5.39. The Morgan fingerprint density at radius 2 is 1.57 bits per heavy atom. The van der Waals surface area contributed by atoms with Gasteiger partial charge in [0.25, 0.3) is 0 Å². The normalized spacial score (nSPS) is 10.9. The zero-order valence-electron chi connectivity index (χ0n) is 17.4. The van der Waals surface area contributed by atoms with E-state index in [0.717, 1.165) is 47.6 Å². The van der Waals surface area contributed by atoms with Crippen molar-refractivity contribution >= 4 is 15.9 Å². The number of ether oxygens (including phenoxy) is 2. The summed E-state index contributed by atoms with van der Waals surface area (Å²) in [5.74, 6) is 1.51. The first-order valence-corrected chi connectivity index (χ1v) is 11.0. The van der Waals surface area contributed by atoms with Crippen molar-refractivity contribution in [3.8, 4) is 11.5 Å². The van der Waals surface area contributed by atoms with E-state index in [9.17, 15) is 0 Å². The summed E-state index contributed by atoms with van der Waals surface area (Å²) in [5.41, 5.74) is 9.35. The smallest absolute Gasteiger partial charge is 0.161 e. The minimum Gasteiger partial charge on any atom is -0.493 e. The van der Waals surface area contributed by atoms with E-state index in [4.69, 9.17) is 15.2 Å². The van der Waals surface area contributed by atoms with Gasteiger partial charge in [-0.1, -0.05) is 64.5 Å². The highest BCUT2D eigenvalue weighted by atomic mass is 79.9. The number of nitrogens with zero attached hydrogens (tertiary/aromatic N) is 1. The van der Waals surface area contributed by atoms with Crippen LogP contribution in [0, 0.1) is 0 Å². The molecule has 3 aromatic rings. The van der Waals surface area contributed by atoms with Crippen molar-refractivity contribution in [2.75, 3.05) is 20.2 Å². The third kappa shape index (κ3) is 6.87. The van der Waals surface area contributed by atoms with Crippen molar-refractivity contribution in [2.45, 2.75) is 26.1 Å². The van der Waals surface area contributed by atoms with Gasteiger partial charge in [0, 0.05) is 24.1 Å². The average Bonchev–Trinajstić information content (AvgIpc) is 2.77. The molecule has 0 fully saturated rings. The lowest BCUT2D eigenvalue weighted by Gasteiger charge is -2.23. The van der Waals surface area contributed by atoms with Crippen molar-refractivity contribution < 1.29 is 9.47 Å². The molecule has 0 aromatic heterocycles. The SMILES string of the molecule is COc1cc(CN(CCCN)Cc2cccc(Br)c2)ccc1OCc1ccccc1. The fraction of sp³-hybridized carbons (Fsp3) is 0.280. The average molecular weight is 469 g/mol.